The monoisotopic (exact) mass is 486 g/mol. The molecule has 0 aliphatic carbocycles. The van der Waals surface area contributed by atoms with Crippen molar-refractivity contribution in [2.45, 2.75) is 39.8 Å². The van der Waals surface area contributed by atoms with Gasteiger partial charge in [0.15, 0.2) is 5.96 Å². The zero-order chi connectivity index (χ0) is 18.8. The average molecular weight is 486 g/mol. The highest BCUT2D eigenvalue weighted by Gasteiger charge is 2.01. The van der Waals surface area contributed by atoms with Gasteiger partial charge in [0.05, 0.1) is 6.54 Å². The fourth-order valence-electron chi connectivity index (χ4n) is 2.61. The van der Waals surface area contributed by atoms with Crippen LogP contribution < -0.4 is 16.2 Å². The van der Waals surface area contributed by atoms with Crippen LogP contribution >= 0.6 is 24.0 Å². The molecule has 0 spiro atoms. The van der Waals surface area contributed by atoms with E-state index in [1.165, 1.54) is 12.1 Å². The van der Waals surface area contributed by atoms with Gasteiger partial charge in [-0.3, -0.25) is 4.79 Å². The first-order valence-corrected chi connectivity index (χ1v) is 9.03. The van der Waals surface area contributed by atoms with Crippen molar-refractivity contribution in [3.63, 3.8) is 0 Å². The van der Waals surface area contributed by atoms with Crippen LogP contribution in [0.4, 0.5) is 4.39 Å². The molecule has 5 nitrogen and oxygen atoms in total. The second-order valence-electron chi connectivity index (χ2n) is 6.11. The molecule has 2 rings (SSSR count). The molecule has 0 saturated heterocycles. The maximum atomic E-state index is 12.9. The molecule has 0 aliphatic rings. The first kappa shape index (κ1) is 23.1. The van der Waals surface area contributed by atoms with E-state index < -0.39 is 0 Å². The Kier molecular flexibility index (Phi) is 10.7. The predicted octanol–water partition coefficient (Wildman–Crippen LogP) is 3.45. The number of unbranched alkanes of at least 4 members (excludes halogenated alkanes) is 1. The summed E-state index contributed by atoms with van der Waals surface area (Å²) in [6.07, 6.45) is 1.84. The summed E-state index contributed by atoms with van der Waals surface area (Å²) in [6, 6.07) is 11.7. The lowest BCUT2D eigenvalue weighted by molar-refractivity contribution is 0.575. The highest BCUT2D eigenvalue weighted by molar-refractivity contribution is 14.0. The van der Waals surface area contributed by atoms with Gasteiger partial charge in [-0.25, -0.2) is 9.38 Å². The largest absolute Gasteiger partial charge is 0.357 e. The molecule has 2 N–H and O–H groups in total. The number of nitrogens with one attached hydrogen (secondary N) is 2. The zero-order valence-electron chi connectivity index (χ0n) is 15.9. The molecule has 0 bridgehead atoms. The Morgan fingerprint density at radius 2 is 1.85 bits per heavy atom. The minimum absolute atomic E-state index is 0. The SMILES string of the molecule is CCNC(=NCc1ccc(F)cc1)NCCCCn1c(C)cccc1=O.I. The molecule has 1 aromatic carbocycles. The van der Waals surface area contributed by atoms with E-state index >= 15 is 0 Å². The molecule has 1 heterocycles. The molecule has 0 amide bonds. The van der Waals surface area contributed by atoms with Gasteiger partial charge < -0.3 is 15.2 Å². The fourth-order valence-corrected chi connectivity index (χ4v) is 2.61. The molecular weight excluding hydrogens is 458 g/mol. The summed E-state index contributed by atoms with van der Waals surface area (Å²) in [5.74, 6) is 0.500. The maximum Gasteiger partial charge on any atom is 0.250 e. The zero-order valence-corrected chi connectivity index (χ0v) is 18.2. The number of rotatable bonds is 8. The Morgan fingerprint density at radius 3 is 2.52 bits per heavy atom. The second kappa shape index (κ2) is 12.5. The van der Waals surface area contributed by atoms with Gasteiger partial charge in [0.1, 0.15) is 5.82 Å². The Balaban J connectivity index is 0.00000364. The van der Waals surface area contributed by atoms with Crippen LogP contribution in [0.25, 0.3) is 0 Å². The molecular formula is C20H28FIN4O. The van der Waals surface area contributed by atoms with Crippen LogP contribution in [0.5, 0.6) is 0 Å². The van der Waals surface area contributed by atoms with Gasteiger partial charge in [0, 0.05) is 31.4 Å². The lowest BCUT2D eigenvalue weighted by Crippen LogP contribution is -2.37. The summed E-state index contributed by atoms with van der Waals surface area (Å²) in [4.78, 5) is 16.3. The lowest BCUT2D eigenvalue weighted by Gasteiger charge is -2.12. The molecule has 0 unspecified atom stereocenters. The van der Waals surface area contributed by atoms with E-state index in [9.17, 15) is 9.18 Å². The molecule has 7 heteroatoms. The van der Waals surface area contributed by atoms with Crippen LogP contribution in [-0.4, -0.2) is 23.6 Å². The predicted molar refractivity (Wildman–Crippen MR) is 119 cm³/mol. The van der Waals surface area contributed by atoms with Gasteiger partial charge in [-0.05, 0) is 50.5 Å². The molecule has 0 fully saturated rings. The number of pyridine rings is 1. The Bertz CT molecular complexity index is 774. The molecule has 1 aromatic heterocycles. The van der Waals surface area contributed by atoms with Crippen LogP contribution in [0.3, 0.4) is 0 Å². The lowest BCUT2D eigenvalue weighted by atomic mass is 10.2. The van der Waals surface area contributed by atoms with Crippen LogP contribution in [0, 0.1) is 12.7 Å². The van der Waals surface area contributed by atoms with Crippen molar-refractivity contribution in [1.29, 1.82) is 0 Å². The van der Waals surface area contributed by atoms with Gasteiger partial charge in [-0.1, -0.05) is 18.2 Å². The highest BCUT2D eigenvalue weighted by atomic mass is 127. The number of halogens is 2. The molecule has 0 atom stereocenters. The van der Waals surface area contributed by atoms with Crippen molar-refractivity contribution in [3.05, 3.63) is 69.9 Å². The van der Waals surface area contributed by atoms with Crippen molar-refractivity contribution in [3.8, 4) is 0 Å². The van der Waals surface area contributed by atoms with Gasteiger partial charge in [-0.15, -0.1) is 24.0 Å². The number of nitrogens with zero attached hydrogens (tertiary/aromatic N) is 2. The standard InChI is InChI=1S/C20H27FN4O.HI/c1-3-22-20(24-15-17-9-11-18(21)12-10-17)23-13-4-5-14-25-16(2)7-6-8-19(25)26;/h6-12H,3-5,13-15H2,1-2H3,(H2,22,23,24);1H. The van der Waals surface area contributed by atoms with Gasteiger partial charge >= 0.3 is 0 Å². The molecule has 0 radical (unpaired) electrons. The topological polar surface area (TPSA) is 58.4 Å². The van der Waals surface area contributed by atoms with Crippen molar-refractivity contribution in [1.82, 2.24) is 15.2 Å². The summed E-state index contributed by atoms with van der Waals surface area (Å²) in [5, 5.41) is 6.50. The average Bonchev–Trinajstić information content (AvgIpc) is 2.62. The summed E-state index contributed by atoms with van der Waals surface area (Å²) >= 11 is 0. The fraction of sp³-hybridized carbons (Fsp3) is 0.400. The Morgan fingerprint density at radius 1 is 1.11 bits per heavy atom. The first-order valence-electron chi connectivity index (χ1n) is 9.03. The van der Waals surface area contributed by atoms with E-state index in [-0.39, 0.29) is 35.4 Å². The number of aromatic nitrogens is 1. The Hall–Kier alpha value is -1.90. The number of aryl methyl sites for hydroxylation is 1. The highest BCUT2D eigenvalue weighted by Crippen LogP contribution is 2.04. The number of hydrogen-bond acceptors (Lipinski definition) is 2. The van der Waals surface area contributed by atoms with E-state index in [1.54, 1.807) is 28.8 Å². The van der Waals surface area contributed by atoms with Crippen molar-refractivity contribution >= 4 is 29.9 Å². The van der Waals surface area contributed by atoms with Crippen LogP contribution in [0.1, 0.15) is 31.0 Å². The van der Waals surface area contributed by atoms with Gasteiger partial charge in [0.2, 0.25) is 0 Å². The minimum Gasteiger partial charge on any atom is -0.357 e. The van der Waals surface area contributed by atoms with Crippen molar-refractivity contribution in [2.24, 2.45) is 4.99 Å². The number of benzene rings is 1. The number of hydrogen-bond donors (Lipinski definition) is 2. The molecule has 2 aromatic rings. The molecule has 0 aliphatic heterocycles. The van der Waals surface area contributed by atoms with E-state index in [2.05, 4.69) is 15.6 Å². The minimum atomic E-state index is -0.240. The smallest absolute Gasteiger partial charge is 0.250 e. The summed E-state index contributed by atoms with van der Waals surface area (Å²) in [7, 11) is 0. The van der Waals surface area contributed by atoms with Gasteiger partial charge in [-0.2, -0.15) is 0 Å². The van der Waals surface area contributed by atoms with Crippen LogP contribution in [-0.2, 0) is 13.1 Å². The van der Waals surface area contributed by atoms with E-state index in [0.29, 0.717) is 6.54 Å². The summed E-state index contributed by atoms with van der Waals surface area (Å²) < 4.78 is 14.7. The summed E-state index contributed by atoms with van der Waals surface area (Å²) in [5.41, 5.74) is 1.99. The molecule has 148 valence electrons. The van der Waals surface area contributed by atoms with Crippen LogP contribution in [0.15, 0.2) is 52.3 Å². The normalized spacial score (nSPS) is 11.0. The van der Waals surface area contributed by atoms with Crippen molar-refractivity contribution in [2.75, 3.05) is 13.1 Å². The summed E-state index contributed by atoms with van der Waals surface area (Å²) in [6.45, 7) is 6.72. The van der Waals surface area contributed by atoms with Gasteiger partial charge in [0.25, 0.3) is 5.56 Å². The third-order valence-corrected chi connectivity index (χ3v) is 4.05. The number of guanidine groups is 1. The van der Waals surface area contributed by atoms with Crippen molar-refractivity contribution < 1.29 is 4.39 Å². The maximum absolute atomic E-state index is 12.9. The Labute approximate surface area is 177 Å². The molecule has 0 saturated carbocycles. The van der Waals surface area contributed by atoms with E-state index in [0.717, 1.165) is 49.7 Å². The third kappa shape index (κ3) is 8.11. The van der Waals surface area contributed by atoms with E-state index in [1.807, 2.05) is 19.9 Å². The number of aliphatic imine (C=N–C) groups is 1. The quantitative estimate of drug-likeness (QED) is 0.260. The third-order valence-electron chi connectivity index (χ3n) is 4.05. The van der Waals surface area contributed by atoms with Crippen LogP contribution in [0.2, 0.25) is 0 Å². The second-order valence-corrected chi connectivity index (χ2v) is 6.11. The molecule has 27 heavy (non-hydrogen) atoms. The first-order chi connectivity index (χ1) is 12.6. The van der Waals surface area contributed by atoms with E-state index in [4.69, 9.17) is 0 Å².